The summed E-state index contributed by atoms with van der Waals surface area (Å²) in [5.41, 5.74) is 1.29. The maximum Gasteiger partial charge on any atom is 0.240 e. The third-order valence-electron chi connectivity index (χ3n) is 5.67. The molecule has 1 aromatic heterocycles. The smallest absolute Gasteiger partial charge is 0.240 e. The van der Waals surface area contributed by atoms with E-state index in [9.17, 15) is 4.79 Å². The minimum atomic E-state index is 0.0481. The van der Waals surface area contributed by atoms with Crippen LogP contribution in [0.4, 0.5) is 0 Å². The van der Waals surface area contributed by atoms with Gasteiger partial charge in [-0.15, -0.1) is 0 Å². The molecule has 0 unspecified atom stereocenters. The Morgan fingerprint density at radius 3 is 2.59 bits per heavy atom. The number of carbonyl (C=O) groups excluding carboxylic acids is 1. The number of aromatic nitrogens is 3. The average Bonchev–Trinajstić information content (AvgIpc) is 3.39. The Labute approximate surface area is 160 Å². The van der Waals surface area contributed by atoms with Crippen LogP contribution in [0, 0.1) is 0 Å². The van der Waals surface area contributed by atoms with E-state index in [4.69, 9.17) is 0 Å². The molecule has 0 saturated carbocycles. The molecule has 7 nitrogen and oxygen atoms in total. The monoisotopic (exact) mass is 368 g/mol. The molecule has 0 bridgehead atoms. The largest absolute Gasteiger partial charge is 0.339 e. The normalized spacial score (nSPS) is 21.6. The van der Waals surface area contributed by atoms with Crippen molar-refractivity contribution in [2.24, 2.45) is 0 Å². The molecule has 2 aromatic rings. The topological polar surface area (TPSA) is 57.5 Å². The first kappa shape index (κ1) is 18.1. The highest BCUT2D eigenvalue weighted by molar-refractivity contribution is 5.82. The third kappa shape index (κ3) is 4.54. The highest BCUT2D eigenvalue weighted by Crippen LogP contribution is 2.22. The first-order valence-corrected chi connectivity index (χ1v) is 9.91. The van der Waals surface area contributed by atoms with Gasteiger partial charge in [0.25, 0.3) is 0 Å². The van der Waals surface area contributed by atoms with E-state index in [0.29, 0.717) is 5.91 Å². The van der Waals surface area contributed by atoms with E-state index in [-0.39, 0.29) is 6.04 Å². The minimum absolute atomic E-state index is 0.0481. The minimum Gasteiger partial charge on any atom is -0.339 e. The number of carbonyl (C=O) groups is 1. The van der Waals surface area contributed by atoms with E-state index in [2.05, 4.69) is 49.0 Å². The summed E-state index contributed by atoms with van der Waals surface area (Å²) < 4.78 is 1.86. The quantitative estimate of drug-likeness (QED) is 0.764. The van der Waals surface area contributed by atoms with Crippen molar-refractivity contribution in [3.63, 3.8) is 0 Å². The molecule has 144 valence electrons. The zero-order valence-corrected chi connectivity index (χ0v) is 15.8. The standard InChI is InChI=1S/C20H28N6O/c27-20(19-7-4-8-25(19)15-18-5-2-1-3-6-18)24-12-9-23(10-13-24)11-14-26-17-21-16-22-26/h1-3,5-6,16-17,19H,4,7-15H2/t19-/m0/s1. The van der Waals surface area contributed by atoms with Crippen molar-refractivity contribution in [1.29, 1.82) is 0 Å². The molecule has 2 fully saturated rings. The van der Waals surface area contributed by atoms with Gasteiger partial charge >= 0.3 is 0 Å². The molecule has 0 spiro atoms. The maximum absolute atomic E-state index is 13.1. The molecule has 27 heavy (non-hydrogen) atoms. The van der Waals surface area contributed by atoms with Gasteiger partial charge in [0.1, 0.15) is 12.7 Å². The Balaban J connectivity index is 1.27. The fraction of sp³-hybridized carbons (Fsp3) is 0.550. The summed E-state index contributed by atoms with van der Waals surface area (Å²) in [7, 11) is 0. The van der Waals surface area contributed by atoms with Gasteiger partial charge in [-0.1, -0.05) is 30.3 Å². The van der Waals surface area contributed by atoms with Crippen molar-refractivity contribution < 1.29 is 4.79 Å². The highest BCUT2D eigenvalue weighted by Gasteiger charge is 2.34. The maximum atomic E-state index is 13.1. The molecule has 1 atom stereocenters. The molecule has 0 radical (unpaired) electrons. The molecule has 4 rings (SSSR count). The molecule has 3 heterocycles. The van der Waals surface area contributed by atoms with Gasteiger partial charge in [-0.25, -0.2) is 4.98 Å². The number of hydrogen-bond donors (Lipinski definition) is 0. The number of amides is 1. The summed E-state index contributed by atoms with van der Waals surface area (Å²) >= 11 is 0. The fourth-order valence-corrected chi connectivity index (χ4v) is 4.11. The molecule has 0 N–H and O–H groups in total. The number of piperazine rings is 1. The van der Waals surface area contributed by atoms with Crippen LogP contribution in [0.15, 0.2) is 43.0 Å². The number of nitrogens with zero attached hydrogens (tertiary/aromatic N) is 6. The van der Waals surface area contributed by atoms with Gasteiger partial charge in [-0.3, -0.25) is 19.3 Å². The van der Waals surface area contributed by atoms with Gasteiger partial charge in [0.2, 0.25) is 5.91 Å². The van der Waals surface area contributed by atoms with E-state index in [0.717, 1.165) is 65.2 Å². The average molecular weight is 368 g/mol. The molecule has 7 heteroatoms. The number of rotatable bonds is 6. The summed E-state index contributed by atoms with van der Waals surface area (Å²) in [5.74, 6) is 0.319. The highest BCUT2D eigenvalue weighted by atomic mass is 16.2. The second-order valence-corrected chi connectivity index (χ2v) is 7.44. The van der Waals surface area contributed by atoms with E-state index >= 15 is 0 Å². The number of likely N-dealkylation sites (tertiary alicyclic amines) is 1. The van der Waals surface area contributed by atoms with Gasteiger partial charge in [0.15, 0.2) is 0 Å². The molecular formula is C20H28N6O. The van der Waals surface area contributed by atoms with Gasteiger partial charge in [0.05, 0.1) is 12.6 Å². The molecular weight excluding hydrogens is 340 g/mol. The van der Waals surface area contributed by atoms with Crippen LogP contribution in [-0.2, 0) is 17.9 Å². The summed E-state index contributed by atoms with van der Waals surface area (Å²) in [6.45, 7) is 7.21. The van der Waals surface area contributed by atoms with Crippen LogP contribution in [0.2, 0.25) is 0 Å². The van der Waals surface area contributed by atoms with Gasteiger partial charge in [-0.2, -0.15) is 5.10 Å². The lowest BCUT2D eigenvalue weighted by Gasteiger charge is -2.37. The van der Waals surface area contributed by atoms with E-state index in [1.807, 2.05) is 10.7 Å². The molecule has 1 amide bonds. The van der Waals surface area contributed by atoms with Crippen molar-refractivity contribution in [3.8, 4) is 0 Å². The third-order valence-corrected chi connectivity index (χ3v) is 5.67. The molecule has 2 aliphatic heterocycles. The van der Waals surface area contributed by atoms with Crippen molar-refractivity contribution >= 4 is 5.91 Å². The van der Waals surface area contributed by atoms with Crippen molar-refractivity contribution in [2.75, 3.05) is 39.3 Å². The zero-order valence-electron chi connectivity index (χ0n) is 15.8. The molecule has 2 aliphatic rings. The van der Waals surface area contributed by atoms with Crippen LogP contribution in [0.5, 0.6) is 0 Å². The molecule has 2 saturated heterocycles. The van der Waals surface area contributed by atoms with Crippen molar-refractivity contribution in [3.05, 3.63) is 48.5 Å². The van der Waals surface area contributed by atoms with Crippen molar-refractivity contribution in [1.82, 2.24) is 29.5 Å². The van der Waals surface area contributed by atoms with Gasteiger partial charge in [0, 0.05) is 39.3 Å². The van der Waals surface area contributed by atoms with E-state index in [1.165, 1.54) is 5.56 Å². The van der Waals surface area contributed by atoms with Crippen LogP contribution >= 0.6 is 0 Å². The summed E-state index contributed by atoms with van der Waals surface area (Å²) in [6.07, 6.45) is 5.42. The molecule has 1 aromatic carbocycles. The van der Waals surface area contributed by atoms with E-state index in [1.54, 1.807) is 12.7 Å². The fourth-order valence-electron chi connectivity index (χ4n) is 4.11. The Hall–Kier alpha value is -2.25. The van der Waals surface area contributed by atoms with Gasteiger partial charge < -0.3 is 4.90 Å². The summed E-state index contributed by atoms with van der Waals surface area (Å²) in [5, 5.41) is 4.15. The van der Waals surface area contributed by atoms with Crippen LogP contribution in [0.1, 0.15) is 18.4 Å². The Bertz CT molecular complexity index is 711. The predicted octanol–water partition coefficient (Wildman–Crippen LogP) is 1.09. The van der Waals surface area contributed by atoms with Crippen LogP contribution in [0.25, 0.3) is 0 Å². The first-order valence-electron chi connectivity index (χ1n) is 9.91. The Morgan fingerprint density at radius 1 is 1.04 bits per heavy atom. The number of benzene rings is 1. The summed E-state index contributed by atoms with van der Waals surface area (Å²) in [4.78, 5) is 23.9. The predicted molar refractivity (Wildman–Crippen MR) is 103 cm³/mol. The van der Waals surface area contributed by atoms with Crippen LogP contribution < -0.4 is 0 Å². The first-order chi connectivity index (χ1) is 13.3. The summed E-state index contributed by atoms with van der Waals surface area (Å²) in [6, 6.07) is 10.5. The van der Waals surface area contributed by atoms with Crippen LogP contribution in [0.3, 0.4) is 0 Å². The zero-order chi connectivity index (χ0) is 18.5. The lowest BCUT2D eigenvalue weighted by atomic mass is 10.1. The second-order valence-electron chi connectivity index (χ2n) is 7.44. The Kier molecular flexibility index (Phi) is 5.79. The van der Waals surface area contributed by atoms with E-state index < -0.39 is 0 Å². The lowest BCUT2D eigenvalue weighted by molar-refractivity contribution is -0.138. The van der Waals surface area contributed by atoms with Gasteiger partial charge in [-0.05, 0) is 24.9 Å². The Morgan fingerprint density at radius 2 is 1.85 bits per heavy atom. The lowest BCUT2D eigenvalue weighted by Crippen LogP contribution is -2.53. The SMILES string of the molecule is O=C([C@@H]1CCCN1Cc1ccccc1)N1CCN(CCn2cncn2)CC1. The molecule has 0 aliphatic carbocycles. The van der Waals surface area contributed by atoms with Crippen LogP contribution in [-0.4, -0.2) is 80.7 Å². The van der Waals surface area contributed by atoms with Crippen molar-refractivity contribution in [2.45, 2.75) is 32.0 Å². The number of hydrogen-bond acceptors (Lipinski definition) is 5. The second kappa shape index (κ2) is 8.63.